The highest BCUT2D eigenvalue weighted by Gasteiger charge is 2.29. The van der Waals surface area contributed by atoms with Crippen LogP contribution in [0.3, 0.4) is 0 Å². The van der Waals surface area contributed by atoms with Crippen LogP contribution in [0.15, 0.2) is 50.5 Å². The van der Waals surface area contributed by atoms with Crippen LogP contribution in [0.1, 0.15) is 37.8 Å². The molecule has 0 spiro atoms. The third kappa shape index (κ3) is 4.91. The van der Waals surface area contributed by atoms with Crippen molar-refractivity contribution in [3.63, 3.8) is 0 Å². The fourth-order valence-corrected chi connectivity index (χ4v) is 7.19. The number of thioether (sulfide) groups is 1. The molecule has 0 aromatic carbocycles. The van der Waals surface area contributed by atoms with Crippen molar-refractivity contribution >= 4 is 44.5 Å². The summed E-state index contributed by atoms with van der Waals surface area (Å²) >= 11 is 4.88. The van der Waals surface area contributed by atoms with E-state index in [9.17, 15) is 8.42 Å². The summed E-state index contributed by atoms with van der Waals surface area (Å²) in [6.07, 6.45) is 6.77. The summed E-state index contributed by atoms with van der Waals surface area (Å²) < 4.78 is 27.4. The van der Waals surface area contributed by atoms with Crippen LogP contribution in [-0.2, 0) is 15.8 Å². The van der Waals surface area contributed by atoms with Crippen LogP contribution in [0.4, 0.5) is 0 Å². The van der Waals surface area contributed by atoms with Gasteiger partial charge in [-0.25, -0.2) is 18.4 Å². The number of hydrogen-bond donors (Lipinski definition) is 0. The maximum atomic E-state index is 12.9. The van der Waals surface area contributed by atoms with E-state index in [1.54, 1.807) is 53.6 Å². The summed E-state index contributed by atoms with van der Waals surface area (Å²) in [7, 11) is -1.80. The van der Waals surface area contributed by atoms with Gasteiger partial charge in [-0.05, 0) is 36.4 Å². The fraction of sp³-hybridized carbons (Fsp3) is 0.400. The van der Waals surface area contributed by atoms with E-state index in [4.69, 9.17) is 0 Å². The Morgan fingerprint density at radius 3 is 2.69 bits per heavy atom. The van der Waals surface area contributed by atoms with Crippen LogP contribution in [0, 0.1) is 0 Å². The molecular weight excluding hydrogens is 443 g/mol. The third-order valence-electron chi connectivity index (χ3n) is 5.16. The van der Waals surface area contributed by atoms with E-state index in [1.807, 2.05) is 0 Å². The van der Waals surface area contributed by atoms with Crippen LogP contribution in [0.25, 0.3) is 10.6 Å². The van der Waals surface area contributed by atoms with Crippen molar-refractivity contribution in [3.8, 4) is 10.6 Å². The lowest BCUT2D eigenvalue weighted by Gasteiger charge is -2.30. The number of sulfonamides is 1. The molecule has 0 bridgehead atoms. The van der Waals surface area contributed by atoms with Gasteiger partial charge in [0.05, 0.1) is 10.7 Å². The third-order valence-corrected chi connectivity index (χ3v) is 9.66. The summed E-state index contributed by atoms with van der Waals surface area (Å²) in [5, 5.41) is 8.05. The molecular formula is C20H23N3O2S4. The topological polar surface area (TPSA) is 63.2 Å². The predicted octanol–water partition coefficient (Wildman–Crippen LogP) is 5.51. The molecule has 3 heterocycles. The first-order valence-electron chi connectivity index (χ1n) is 9.58. The van der Waals surface area contributed by atoms with Gasteiger partial charge in [0.15, 0.2) is 0 Å². The van der Waals surface area contributed by atoms with Gasteiger partial charge in [0.25, 0.3) is 0 Å². The number of nitrogens with zero attached hydrogens (tertiary/aromatic N) is 3. The second-order valence-corrected chi connectivity index (χ2v) is 11.7. The molecule has 0 amide bonds. The van der Waals surface area contributed by atoms with Gasteiger partial charge < -0.3 is 0 Å². The summed E-state index contributed by atoms with van der Waals surface area (Å²) in [6, 6.07) is 5.64. The van der Waals surface area contributed by atoms with Crippen LogP contribution in [0.2, 0.25) is 0 Å². The molecule has 9 heteroatoms. The SMILES string of the molecule is CN(C1CCCCC1)S(=O)(=O)c1ccc(SCc2csc(-c3ccsc3)n2)nc1. The second-order valence-electron chi connectivity index (χ2n) is 7.09. The van der Waals surface area contributed by atoms with E-state index in [0.29, 0.717) is 5.75 Å². The number of aromatic nitrogens is 2. The van der Waals surface area contributed by atoms with Gasteiger partial charge in [-0.15, -0.1) is 23.1 Å². The Balaban J connectivity index is 1.38. The summed E-state index contributed by atoms with van der Waals surface area (Å²) in [5.74, 6) is 0.710. The minimum Gasteiger partial charge on any atom is -0.249 e. The maximum absolute atomic E-state index is 12.9. The highest BCUT2D eigenvalue weighted by molar-refractivity contribution is 7.98. The van der Waals surface area contributed by atoms with Crippen molar-refractivity contribution < 1.29 is 8.42 Å². The van der Waals surface area contributed by atoms with E-state index in [-0.39, 0.29) is 10.9 Å². The summed E-state index contributed by atoms with van der Waals surface area (Å²) in [5.41, 5.74) is 2.17. The molecule has 5 nitrogen and oxygen atoms in total. The molecule has 1 fully saturated rings. The molecule has 0 aliphatic heterocycles. The monoisotopic (exact) mass is 465 g/mol. The minimum atomic E-state index is -3.49. The van der Waals surface area contributed by atoms with Gasteiger partial charge >= 0.3 is 0 Å². The molecule has 0 unspecified atom stereocenters. The number of rotatable bonds is 7. The van der Waals surface area contributed by atoms with Crippen molar-refractivity contribution in [2.24, 2.45) is 0 Å². The Hall–Kier alpha value is -1.26. The van der Waals surface area contributed by atoms with E-state index < -0.39 is 10.0 Å². The molecule has 0 saturated heterocycles. The normalized spacial score (nSPS) is 15.8. The number of thiazole rings is 1. The van der Waals surface area contributed by atoms with Gasteiger partial charge in [0.2, 0.25) is 10.0 Å². The highest BCUT2D eigenvalue weighted by atomic mass is 32.2. The second kappa shape index (κ2) is 9.26. The molecule has 1 aliphatic rings. The minimum absolute atomic E-state index is 0.102. The summed E-state index contributed by atoms with van der Waals surface area (Å²) in [4.78, 5) is 9.32. The quantitative estimate of drug-likeness (QED) is 0.430. The standard InChI is InChI=1S/C20H23N3O2S4/c1-23(17-5-3-2-4-6-17)29(24,25)18-7-8-19(21-11-18)27-13-16-14-28-20(22-16)15-9-10-26-12-15/h7-12,14,17H,2-6,13H2,1H3. The first-order valence-corrected chi connectivity index (χ1v) is 13.8. The van der Waals surface area contributed by atoms with Crippen LogP contribution in [0.5, 0.6) is 0 Å². The van der Waals surface area contributed by atoms with E-state index in [2.05, 4.69) is 32.2 Å². The first-order chi connectivity index (χ1) is 14.0. The zero-order valence-corrected chi connectivity index (χ0v) is 19.4. The maximum Gasteiger partial charge on any atom is 0.244 e. The molecule has 29 heavy (non-hydrogen) atoms. The van der Waals surface area contributed by atoms with E-state index in [0.717, 1.165) is 47.0 Å². The molecule has 1 saturated carbocycles. The average Bonchev–Trinajstić information content (AvgIpc) is 3.44. The smallest absolute Gasteiger partial charge is 0.244 e. The first kappa shape index (κ1) is 21.0. The highest BCUT2D eigenvalue weighted by Crippen LogP contribution is 2.30. The van der Waals surface area contributed by atoms with Crippen molar-refractivity contribution in [2.45, 2.75) is 53.8 Å². The number of thiophene rings is 1. The van der Waals surface area contributed by atoms with Crippen LogP contribution in [-0.4, -0.2) is 35.8 Å². The zero-order chi connectivity index (χ0) is 20.3. The molecule has 0 N–H and O–H groups in total. The lowest BCUT2D eigenvalue weighted by molar-refractivity contribution is 0.285. The fourth-order valence-electron chi connectivity index (χ4n) is 3.45. The van der Waals surface area contributed by atoms with Gasteiger partial charge in [0, 0.05) is 41.4 Å². The van der Waals surface area contributed by atoms with Crippen molar-refractivity contribution in [2.75, 3.05) is 7.05 Å². The molecule has 1 aliphatic carbocycles. The molecule has 3 aromatic heterocycles. The zero-order valence-electron chi connectivity index (χ0n) is 16.2. The van der Waals surface area contributed by atoms with E-state index >= 15 is 0 Å². The Morgan fingerprint density at radius 2 is 2.00 bits per heavy atom. The Morgan fingerprint density at radius 1 is 1.17 bits per heavy atom. The van der Waals surface area contributed by atoms with Gasteiger partial charge in [-0.3, -0.25) is 0 Å². The Kier molecular flexibility index (Phi) is 6.70. The van der Waals surface area contributed by atoms with E-state index in [1.165, 1.54) is 16.9 Å². The average molecular weight is 466 g/mol. The molecule has 154 valence electrons. The van der Waals surface area contributed by atoms with Gasteiger partial charge in [-0.2, -0.15) is 15.6 Å². The number of hydrogen-bond acceptors (Lipinski definition) is 7. The number of pyridine rings is 1. The summed E-state index contributed by atoms with van der Waals surface area (Å²) in [6.45, 7) is 0. The van der Waals surface area contributed by atoms with Crippen LogP contribution < -0.4 is 0 Å². The van der Waals surface area contributed by atoms with Crippen molar-refractivity contribution in [1.29, 1.82) is 0 Å². The Bertz CT molecular complexity index is 1020. The predicted molar refractivity (Wildman–Crippen MR) is 121 cm³/mol. The molecule has 3 aromatic rings. The van der Waals surface area contributed by atoms with Gasteiger partial charge in [0.1, 0.15) is 9.90 Å². The molecule has 0 radical (unpaired) electrons. The van der Waals surface area contributed by atoms with Crippen molar-refractivity contribution in [1.82, 2.24) is 14.3 Å². The van der Waals surface area contributed by atoms with Crippen molar-refractivity contribution in [3.05, 3.63) is 46.2 Å². The van der Waals surface area contributed by atoms with Gasteiger partial charge in [-0.1, -0.05) is 19.3 Å². The molecule has 4 rings (SSSR count). The largest absolute Gasteiger partial charge is 0.249 e. The Labute approximate surface area is 184 Å². The van der Waals surface area contributed by atoms with Crippen LogP contribution >= 0.6 is 34.4 Å². The molecule has 0 atom stereocenters. The lowest BCUT2D eigenvalue weighted by atomic mass is 9.96. The lowest BCUT2D eigenvalue weighted by Crippen LogP contribution is -2.38.